The van der Waals surface area contributed by atoms with Gasteiger partial charge < -0.3 is 9.31 Å². The van der Waals surface area contributed by atoms with Gasteiger partial charge in [-0.1, -0.05) is 46.8 Å². The second-order valence-electron chi connectivity index (χ2n) is 9.90. The molecule has 0 bridgehead atoms. The average molecular weight is 348 g/mol. The monoisotopic (exact) mass is 348 g/mol. The molecule has 0 N–H and O–H groups in total. The second kappa shape index (κ2) is 6.70. The first-order chi connectivity index (χ1) is 11.2. The molecule has 0 aromatic heterocycles. The molecule has 140 valence electrons. The van der Waals surface area contributed by atoms with Crippen LogP contribution in [0.3, 0.4) is 0 Å². The zero-order valence-electron chi connectivity index (χ0n) is 17.4. The van der Waals surface area contributed by atoms with Crippen molar-refractivity contribution in [1.82, 2.24) is 0 Å². The van der Waals surface area contributed by atoms with Gasteiger partial charge in [0.25, 0.3) is 0 Å². The molecule has 0 radical (unpaired) electrons. The average Bonchev–Trinajstić information content (AvgIpc) is 2.64. The zero-order valence-corrected chi connectivity index (χ0v) is 17.4. The molecule has 2 atom stereocenters. The third kappa shape index (κ3) is 4.46. The minimum atomic E-state index is -0.518. The molecule has 25 heavy (non-hydrogen) atoms. The Morgan fingerprint density at radius 2 is 1.56 bits per heavy atom. The third-order valence-electron chi connectivity index (χ3n) is 5.83. The Labute approximate surface area is 153 Å². The highest BCUT2D eigenvalue weighted by atomic mass is 19.1. The van der Waals surface area contributed by atoms with Crippen LogP contribution < -0.4 is 5.46 Å². The van der Waals surface area contributed by atoms with E-state index in [0.717, 1.165) is 17.4 Å². The van der Waals surface area contributed by atoms with Crippen molar-refractivity contribution in [2.75, 3.05) is 0 Å². The fourth-order valence-corrected chi connectivity index (χ4v) is 3.49. The summed E-state index contributed by atoms with van der Waals surface area (Å²) in [6, 6.07) is 5.43. The largest absolute Gasteiger partial charge is 0.494 e. The Morgan fingerprint density at radius 3 is 2.00 bits per heavy atom. The van der Waals surface area contributed by atoms with Gasteiger partial charge >= 0.3 is 7.12 Å². The van der Waals surface area contributed by atoms with Crippen molar-refractivity contribution in [1.29, 1.82) is 0 Å². The van der Waals surface area contributed by atoms with Gasteiger partial charge in [0.15, 0.2) is 0 Å². The zero-order chi connectivity index (χ0) is 19.2. The topological polar surface area (TPSA) is 18.5 Å². The van der Waals surface area contributed by atoms with E-state index in [1.807, 2.05) is 39.8 Å². The van der Waals surface area contributed by atoms with Crippen LogP contribution in [0.1, 0.15) is 80.2 Å². The summed E-state index contributed by atoms with van der Waals surface area (Å²) in [5.74, 6) is 0.421. The van der Waals surface area contributed by atoms with Crippen LogP contribution in [-0.4, -0.2) is 18.3 Å². The maximum absolute atomic E-state index is 14.8. The first-order valence-electron chi connectivity index (χ1n) is 9.38. The molecule has 2 rings (SSSR count). The van der Waals surface area contributed by atoms with Gasteiger partial charge in [-0.05, 0) is 68.5 Å². The van der Waals surface area contributed by atoms with Crippen LogP contribution in [0.25, 0.3) is 0 Å². The third-order valence-corrected chi connectivity index (χ3v) is 5.83. The number of rotatable bonds is 4. The van der Waals surface area contributed by atoms with Gasteiger partial charge in [0.1, 0.15) is 5.82 Å². The van der Waals surface area contributed by atoms with Crippen LogP contribution in [-0.2, 0) is 9.31 Å². The highest BCUT2D eigenvalue weighted by Crippen LogP contribution is 2.37. The molecule has 2 unspecified atom stereocenters. The summed E-state index contributed by atoms with van der Waals surface area (Å²) in [5.41, 5.74) is 0.933. The summed E-state index contributed by atoms with van der Waals surface area (Å²) in [5, 5.41) is 0. The van der Waals surface area contributed by atoms with Gasteiger partial charge in [-0.25, -0.2) is 4.39 Å². The molecule has 0 spiro atoms. The Kier molecular flexibility index (Phi) is 5.48. The van der Waals surface area contributed by atoms with E-state index in [0.29, 0.717) is 5.92 Å². The molecule has 0 saturated carbocycles. The van der Waals surface area contributed by atoms with Crippen LogP contribution in [0.15, 0.2) is 18.2 Å². The number of benzene rings is 1. The molecular formula is C21H34BFO2. The van der Waals surface area contributed by atoms with E-state index in [1.165, 1.54) is 0 Å². The molecule has 1 aliphatic heterocycles. The predicted molar refractivity (Wildman–Crippen MR) is 104 cm³/mol. The highest BCUT2D eigenvalue weighted by molar-refractivity contribution is 6.62. The van der Waals surface area contributed by atoms with Crippen LogP contribution >= 0.6 is 0 Å². The number of hydrogen-bond donors (Lipinski definition) is 0. The predicted octanol–water partition coefficient (Wildman–Crippen LogP) is 5.30. The van der Waals surface area contributed by atoms with Crippen molar-refractivity contribution in [3.05, 3.63) is 29.6 Å². The van der Waals surface area contributed by atoms with E-state index >= 15 is 0 Å². The van der Waals surface area contributed by atoms with Gasteiger partial charge in [-0.2, -0.15) is 0 Å². The lowest BCUT2D eigenvalue weighted by atomic mass is 9.75. The molecule has 0 aliphatic carbocycles. The minimum absolute atomic E-state index is 0.166. The summed E-state index contributed by atoms with van der Waals surface area (Å²) < 4.78 is 26.9. The van der Waals surface area contributed by atoms with Crippen molar-refractivity contribution in [2.45, 2.75) is 85.9 Å². The summed E-state index contributed by atoms with van der Waals surface area (Å²) in [7, 11) is -0.518. The Hall–Kier alpha value is -0.865. The van der Waals surface area contributed by atoms with Crippen LogP contribution in [0, 0.1) is 17.2 Å². The van der Waals surface area contributed by atoms with Crippen molar-refractivity contribution in [3.8, 4) is 0 Å². The normalized spacial score (nSPS) is 22.1. The van der Waals surface area contributed by atoms with E-state index in [-0.39, 0.29) is 17.2 Å². The summed E-state index contributed by atoms with van der Waals surface area (Å²) in [4.78, 5) is 0. The summed E-state index contributed by atoms with van der Waals surface area (Å²) >= 11 is 0. The van der Waals surface area contributed by atoms with Crippen molar-refractivity contribution in [3.63, 3.8) is 0 Å². The van der Waals surface area contributed by atoms with E-state index in [2.05, 4.69) is 34.6 Å². The first kappa shape index (κ1) is 20.4. The lowest BCUT2D eigenvalue weighted by molar-refractivity contribution is 0.00578. The maximum Gasteiger partial charge on any atom is 0.494 e. The lowest BCUT2D eigenvalue weighted by Crippen LogP contribution is -2.41. The first-order valence-corrected chi connectivity index (χ1v) is 9.38. The molecule has 0 amide bonds. The van der Waals surface area contributed by atoms with Crippen molar-refractivity contribution < 1.29 is 13.7 Å². The minimum Gasteiger partial charge on any atom is -0.399 e. The molecule has 1 aromatic carbocycles. The van der Waals surface area contributed by atoms with E-state index in [1.54, 1.807) is 6.07 Å². The fourth-order valence-electron chi connectivity index (χ4n) is 3.49. The van der Waals surface area contributed by atoms with Crippen LogP contribution in [0.4, 0.5) is 4.39 Å². The van der Waals surface area contributed by atoms with Gasteiger partial charge in [-0.3, -0.25) is 0 Å². The van der Waals surface area contributed by atoms with Crippen LogP contribution in [0.5, 0.6) is 0 Å². The molecule has 1 fully saturated rings. The standard InChI is InChI=1S/C21H34BFO2/c1-14(13-19(3,4)5)15(2)17-11-10-16(12-18(17)23)22-24-20(6,7)21(8,9)25-22/h10-12,14-15H,13H2,1-9H3. The van der Waals surface area contributed by atoms with Gasteiger partial charge in [0, 0.05) is 0 Å². The van der Waals surface area contributed by atoms with E-state index < -0.39 is 18.3 Å². The highest BCUT2D eigenvalue weighted by Gasteiger charge is 2.51. The van der Waals surface area contributed by atoms with Crippen molar-refractivity contribution >= 4 is 12.6 Å². The van der Waals surface area contributed by atoms with Crippen molar-refractivity contribution in [2.24, 2.45) is 11.3 Å². The molecular weight excluding hydrogens is 314 g/mol. The molecule has 1 aliphatic rings. The molecule has 1 saturated heterocycles. The number of hydrogen-bond acceptors (Lipinski definition) is 2. The molecule has 1 aromatic rings. The summed E-state index contributed by atoms with van der Waals surface area (Å²) in [6.45, 7) is 19.0. The number of halogens is 1. The van der Waals surface area contributed by atoms with E-state index in [9.17, 15) is 4.39 Å². The SMILES string of the molecule is CC(CC(C)(C)C)C(C)c1ccc(B2OC(C)(C)C(C)(C)O2)cc1F. The van der Waals surface area contributed by atoms with Gasteiger partial charge in [0.05, 0.1) is 11.2 Å². The fraction of sp³-hybridized carbons (Fsp3) is 0.714. The maximum atomic E-state index is 14.8. The Morgan fingerprint density at radius 1 is 1.04 bits per heavy atom. The van der Waals surface area contributed by atoms with E-state index in [4.69, 9.17) is 9.31 Å². The Bertz CT molecular complexity index is 603. The Balaban J connectivity index is 2.19. The quantitative estimate of drug-likeness (QED) is 0.688. The van der Waals surface area contributed by atoms with Gasteiger partial charge in [0.2, 0.25) is 0 Å². The second-order valence-corrected chi connectivity index (χ2v) is 9.90. The lowest BCUT2D eigenvalue weighted by Gasteiger charge is -2.32. The molecule has 1 heterocycles. The van der Waals surface area contributed by atoms with Crippen LogP contribution in [0.2, 0.25) is 0 Å². The smallest absolute Gasteiger partial charge is 0.399 e. The summed E-state index contributed by atoms with van der Waals surface area (Å²) in [6.07, 6.45) is 1.06. The molecule has 2 nitrogen and oxygen atoms in total. The molecule has 4 heteroatoms. The van der Waals surface area contributed by atoms with Gasteiger partial charge in [-0.15, -0.1) is 0 Å².